The summed E-state index contributed by atoms with van der Waals surface area (Å²) in [5.41, 5.74) is 2.40. The zero-order chi connectivity index (χ0) is 20.7. The number of anilines is 2. The summed E-state index contributed by atoms with van der Waals surface area (Å²) < 4.78 is 5.78. The van der Waals surface area contributed by atoms with Gasteiger partial charge >= 0.3 is 0 Å². The average Bonchev–Trinajstić information content (AvgIpc) is 2.63. The van der Waals surface area contributed by atoms with Crippen LogP contribution >= 0.6 is 0 Å². The second-order valence-electron chi connectivity index (χ2n) is 7.87. The number of hydrogen-bond donors (Lipinski definition) is 2. The average molecular weight is 383 g/mol. The Hall–Kier alpha value is -2.82. The zero-order valence-corrected chi connectivity index (χ0v) is 17.3. The van der Waals surface area contributed by atoms with Gasteiger partial charge in [0.2, 0.25) is 5.91 Å². The number of carbonyl (C=O) groups excluding carboxylic acids is 2. The summed E-state index contributed by atoms with van der Waals surface area (Å²) in [6.07, 6.45) is 0.519. The number of rotatable bonds is 7. The lowest BCUT2D eigenvalue weighted by Crippen LogP contribution is -2.30. The second-order valence-corrected chi connectivity index (χ2v) is 7.87. The molecule has 0 aromatic heterocycles. The third-order valence-corrected chi connectivity index (χ3v) is 4.34. The number of amides is 2. The Morgan fingerprint density at radius 1 is 0.964 bits per heavy atom. The number of benzene rings is 2. The normalized spacial score (nSPS) is 12.2. The highest BCUT2D eigenvalue weighted by molar-refractivity contribution is 6.00. The van der Waals surface area contributed by atoms with E-state index in [0.29, 0.717) is 23.5 Å². The van der Waals surface area contributed by atoms with Crippen molar-refractivity contribution in [3.8, 4) is 5.75 Å². The Labute approximate surface area is 167 Å². The highest BCUT2D eigenvalue weighted by atomic mass is 16.5. The Morgan fingerprint density at radius 2 is 1.54 bits per heavy atom. The molecule has 2 aromatic rings. The van der Waals surface area contributed by atoms with Crippen molar-refractivity contribution in [1.29, 1.82) is 0 Å². The molecule has 0 fully saturated rings. The summed E-state index contributed by atoms with van der Waals surface area (Å²) in [6.45, 7) is 10.1. The van der Waals surface area contributed by atoms with Crippen LogP contribution in [0.3, 0.4) is 0 Å². The van der Waals surface area contributed by atoms with E-state index in [2.05, 4.69) is 31.4 Å². The number of para-hydroxylation sites is 2. The molecule has 150 valence electrons. The number of carbonyl (C=O) groups is 2. The number of hydrogen-bond acceptors (Lipinski definition) is 3. The first-order chi connectivity index (χ1) is 13.2. The van der Waals surface area contributed by atoms with Crippen molar-refractivity contribution in [3.63, 3.8) is 0 Å². The minimum atomic E-state index is -0.681. The maximum atomic E-state index is 12.6. The molecule has 0 radical (unpaired) electrons. The molecule has 1 atom stereocenters. The molecule has 0 aliphatic carbocycles. The second kappa shape index (κ2) is 9.40. The van der Waals surface area contributed by atoms with Crippen LogP contribution < -0.4 is 15.4 Å². The van der Waals surface area contributed by atoms with E-state index in [0.717, 1.165) is 6.42 Å². The molecule has 0 spiro atoms. The van der Waals surface area contributed by atoms with Gasteiger partial charge in [0.25, 0.3) is 5.91 Å². The highest BCUT2D eigenvalue weighted by Crippen LogP contribution is 2.25. The summed E-state index contributed by atoms with van der Waals surface area (Å²) >= 11 is 0. The first-order valence-electron chi connectivity index (χ1n) is 9.67. The van der Waals surface area contributed by atoms with Gasteiger partial charge in [-0.25, -0.2) is 0 Å². The molecule has 0 heterocycles. The van der Waals surface area contributed by atoms with Crippen molar-refractivity contribution in [3.05, 3.63) is 54.1 Å². The summed E-state index contributed by atoms with van der Waals surface area (Å²) in [6, 6.07) is 14.9. The van der Waals surface area contributed by atoms with Crippen LogP contribution in [0.2, 0.25) is 0 Å². The molecule has 0 saturated heterocycles. The van der Waals surface area contributed by atoms with Gasteiger partial charge in [-0.2, -0.15) is 0 Å². The predicted molar refractivity (Wildman–Crippen MR) is 114 cm³/mol. The van der Waals surface area contributed by atoms with Crippen LogP contribution in [0.4, 0.5) is 11.4 Å². The third kappa shape index (κ3) is 6.12. The molecule has 0 aliphatic heterocycles. The fourth-order valence-electron chi connectivity index (χ4n) is 2.67. The van der Waals surface area contributed by atoms with E-state index in [1.165, 1.54) is 5.56 Å². The molecule has 5 nitrogen and oxygen atoms in total. The first kappa shape index (κ1) is 21.5. The van der Waals surface area contributed by atoms with Crippen molar-refractivity contribution >= 4 is 23.2 Å². The highest BCUT2D eigenvalue weighted by Gasteiger charge is 2.18. The number of ether oxygens (including phenoxy) is 1. The maximum Gasteiger partial charge on any atom is 0.265 e. The Bertz CT molecular complexity index is 807. The van der Waals surface area contributed by atoms with Gasteiger partial charge in [-0.05, 0) is 48.6 Å². The van der Waals surface area contributed by atoms with Gasteiger partial charge in [0.15, 0.2) is 6.10 Å². The molecule has 2 rings (SSSR count). The molecular formula is C23H30N2O3. The standard InChI is InChI=1S/C23H30N2O3/c1-6-9-21(26)24-19-10-7-8-11-20(19)25-22(27)16(2)28-18-14-12-17(13-15-18)23(3,4)5/h7-8,10-16H,6,9H2,1-5H3,(H,24,26)(H,25,27)/t16-/m1/s1. The summed E-state index contributed by atoms with van der Waals surface area (Å²) in [5.74, 6) is 0.282. The molecule has 2 aromatic carbocycles. The lowest BCUT2D eigenvalue weighted by atomic mass is 9.87. The first-order valence-corrected chi connectivity index (χ1v) is 9.67. The molecule has 0 unspecified atom stereocenters. The summed E-state index contributed by atoms with van der Waals surface area (Å²) in [7, 11) is 0. The van der Waals surface area contributed by atoms with Crippen molar-refractivity contribution in [2.45, 2.75) is 59.0 Å². The molecule has 0 saturated carbocycles. The molecule has 0 bridgehead atoms. The quantitative estimate of drug-likeness (QED) is 0.698. The van der Waals surface area contributed by atoms with Gasteiger partial charge in [0.05, 0.1) is 11.4 Å². The molecule has 2 N–H and O–H groups in total. The van der Waals surface area contributed by atoms with E-state index < -0.39 is 6.10 Å². The van der Waals surface area contributed by atoms with Gasteiger partial charge in [-0.3, -0.25) is 9.59 Å². The van der Waals surface area contributed by atoms with Crippen molar-refractivity contribution in [2.75, 3.05) is 10.6 Å². The predicted octanol–water partition coefficient (Wildman–Crippen LogP) is 5.13. The van der Waals surface area contributed by atoms with E-state index in [9.17, 15) is 9.59 Å². The minimum Gasteiger partial charge on any atom is -0.481 e. The Morgan fingerprint density at radius 3 is 2.07 bits per heavy atom. The minimum absolute atomic E-state index is 0.0629. The zero-order valence-electron chi connectivity index (χ0n) is 17.3. The third-order valence-electron chi connectivity index (χ3n) is 4.34. The fourth-order valence-corrected chi connectivity index (χ4v) is 2.67. The van der Waals surface area contributed by atoms with E-state index in [-0.39, 0.29) is 17.2 Å². The van der Waals surface area contributed by atoms with E-state index in [1.807, 2.05) is 43.3 Å². The van der Waals surface area contributed by atoms with Gasteiger partial charge in [-0.1, -0.05) is 52.0 Å². The molecule has 5 heteroatoms. The largest absolute Gasteiger partial charge is 0.481 e. The number of nitrogens with one attached hydrogen (secondary N) is 2. The molecular weight excluding hydrogens is 352 g/mol. The smallest absolute Gasteiger partial charge is 0.265 e. The van der Waals surface area contributed by atoms with Crippen LogP contribution in [-0.4, -0.2) is 17.9 Å². The van der Waals surface area contributed by atoms with E-state index >= 15 is 0 Å². The van der Waals surface area contributed by atoms with Gasteiger partial charge in [0, 0.05) is 6.42 Å². The van der Waals surface area contributed by atoms with Crippen LogP contribution in [0.15, 0.2) is 48.5 Å². The van der Waals surface area contributed by atoms with Crippen LogP contribution in [0.5, 0.6) is 5.75 Å². The fraction of sp³-hybridized carbons (Fsp3) is 0.391. The maximum absolute atomic E-state index is 12.6. The SMILES string of the molecule is CCCC(=O)Nc1ccccc1NC(=O)[C@@H](C)Oc1ccc(C(C)(C)C)cc1. The monoisotopic (exact) mass is 382 g/mol. The Kier molecular flexibility index (Phi) is 7.21. The topological polar surface area (TPSA) is 67.4 Å². The molecule has 0 aliphatic rings. The Balaban J connectivity index is 2.02. The summed E-state index contributed by atoms with van der Waals surface area (Å²) in [5, 5.41) is 5.67. The van der Waals surface area contributed by atoms with Gasteiger partial charge in [-0.15, -0.1) is 0 Å². The van der Waals surface area contributed by atoms with Crippen molar-refractivity contribution in [1.82, 2.24) is 0 Å². The van der Waals surface area contributed by atoms with Gasteiger partial charge in [0.1, 0.15) is 5.75 Å². The van der Waals surface area contributed by atoms with Crippen LogP contribution in [0.25, 0.3) is 0 Å². The van der Waals surface area contributed by atoms with E-state index in [1.54, 1.807) is 19.1 Å². The van der Waals surface area contributed by atoms with Crippen LogP contribution in [0.1, 0.15) is 53.0 Å². The van der Waals surface area contributed by atoms with Crippen LogP contribution in [-0.2, 0) is 15.0 Å². The van der Waals surface area contributed by atoms with Crippen LogP contribution in [0, 0.1) is 0 Å². The lowest BCUT2D eigenvalue weighted by molar-refractivity contribution is -0.122. The molecule has 28 heavy (non-hydrogen) atoms. The van der Waals surface area contributed by atoms with Crippen molar-refractivity contribution in [2.24, 2.45) is 0 Å². The molecule has 2 amide bonds. The lowest BCUT2D eigenvalue weighted by Gasteiger charge is -2.20. The van der Waals surface area contributed by atoms with Crippen molar-refractivity contribution < 1.29 is 14.3 Å². The van der Waals surface area contributed by atoms with Gasteiger partial charge < -0.3 is 15.4 Å². The summed E-state index contributed by atoms with van der Waals surface area (Å²) in [4.78, 5) is 24.4. The van der Waals surface area contributed by atoms with E-state index in [4.69, 9.17) is 4.74 Å².